The quantitative estimate of drug-likeness (QED) is 0.754. The minimum absolute atomic E-state index is 0.00247. The van der Waals surface area contributed by atoms with Crippen molar-refractivity contribution in [2.24, 2.45) is 23.3 Å². The van der Waals surface area contributed by atoms with Gasteiger partial charge in [-0.1, -0.05) is 6.42 Å². The smallest absolute Gasteiger partial charge is 0.227 e. The molecule has 0 radical (unpaired) electrons. The molecule has 2 amide bonds. The molecule has 0 spiro atoms. The molecule has 1 saturated heterocycles. The summed E-state index contributed by atoms with van der Waals surface area (Å²) in [6.45, 7) is 1.47. The van der Waals surface area contributed by atoms with Crippen LogP contribution in [0.4, 0.5) is 0 Å². The number of piperidine rings is 1. The first-order chi connectivity index (χ1) is 8.58. The number of primary amides is 1. The van der Waals surface area contributed by atoms with Crippen molar-refractivity contribution in [1.29, 1.82) is 0 Å². The maximum Gasteiger partial charge on any atom is 0.227 e. The molecule has 2 aliphatic rings. The van der Waals surface area contributed by atoms with Gasteiger partial charge in [0, 0.05) is 25.6 Å². The van der Waals surface area contributed by atoms with Gasteiger partial charge in [0.15, 0.2) is 0 Å². The molecule has 3 atom stereocenters. The van der Waals surface area contributed by atoms with Crippen molar-refractivity contribution >= 4 is 11.8 Å². The van der Waals surface area contributed by atoms with E-state index in [0.717, 1.165) is 38.6 Å². The Morgan fingerprint density at radius 2 is 1.94 bits per heavy atom. The van der Waals surface area contributed by atoms with E-state index in [9.17, 15) is 9.59 Å². The van der Waals surface area contributed by atoms with E-state index >= 15 is 0 Å². The summed E-state index contributed by atoms with van der Waals surface area (Å²) in [7, 11) is 0. The lowest BCUT2D eigenvalue weighted by molar-refractivity contribution is -0.138. The Balaban J connectivity index is 1.91. The molecule has 0 aromatic carbocycles. The molecule has 0 bridgehead atoms. The molecule has 1 aliphatic heterocycles. The Hall–Kier alpha value is -1.10. The van der Waals surface area contributed by atoms with Crippen molar-refractivity contribution in [3.63, 3.8) is 0 Å². The van der Waals surface area contributed by atoms with E-state index in [1.807, 2.05) is 4.90 Å². The van der Waals surface area contributed by atoms with Gasteiger partial charge in [-0.2, -0.15) is 0 Å². The van der Waals surface area contributed by atoms with Gasteiger partial charge in [0.05, 0.1) is 5.92 Å². The fraction of sp³-hybridized carbons (Fsp3) is 0.846. The Bertz CT molecular complexity index is 332. The SMILES string of the molecule is NC(=O)C[C@@H]1CCCN(C(=O)[C@@H]2CCC[C@H]2N)C1. The molecule has 102 valence electrons. The molecule has 2 fully saturated rings. The van der Waals surface area contributed by atoms with E-state index in [4.69, 9.17) is 11.5 Å². The third kappa shape index (κ3) is 3.02. The monoisotopic (exact) mass is 253 g/mol. The third-order valence-electron chi connectivity index (χ3n) is 4.21. The predicted molar refractivity (Wildman–Crippen MR) is 68.4 cm³/mol. The van der Waals surface area contributed by atoms with Gasteiger partial charge >= 0.3 is 0 Å². The molecule has 0 unspecified atom stereocenters. The lowest BCUT2D eigenvalue weighted by atomic mass is 9.92. The van der Waals surface area contributed by atoms with Crippen LogP contribution in [0.15, 0.2) is 0 Å². The molecule has 1 saturated carbocycles. The van der Waals surface area contributed by atoms with Crippen molar-refractivity contribution in [3.05, 3.63) is 0 Å². The summed E-state index contributed by atoms with van der Waals surface area (Å²) >= 11 is 0. The van der Waals surface area contributed by atoms with E-state index in [1.54, 1.807) is 0 Å². The Morgan fingerprint density at radius 3 is 2.56 bits per heavy atom. The van der Waals surface area contributed by atoms with E-state index < -0.39 is 0 Å². The molecule has 4 N–H and O–H groups in total. The Kier molecular flexibility index (Phi) is 4.22. The molecule has 1 heterocycles. The van der Waals surface area contributed by atoms with Crippen LogP contribution in [0.3, 0.4) is 0 Å². The predicted octanol–water partition coefficient (Wildman–Crippen LogP) is 0.228. The number of likely N-dealkylation sites (tertiary alicyclic amines) is 1. The van der Waals surface area contributed by atoms with Crippen LogP contribution in [0, 0.1) is 11.8 Å². The number of nitrogens with zero attached hydrogens (tertiary/aromatic N) is 1. The zero-order valence-electron chi connectivity index (χ0n) is 10.8. The van der Waals surface area contributed by atoms with Crippen LogP contribution in [-0.2, 0) is 9.59 Å². The lowest BCUT2D eigenvalue weighted by Gasteiger charge is -2.34. The van der Waals surface area contributed by atoms with Crippen LogP contribution < -0.4 is 11.5 Å². The van der Waals surface area contributed by atoms with Gasteiger partial charge in [-0.3, -0.25) is 9.59 Å². The maximum atomic E-state index is 12.4. The van der Waals surface area contributed by atoms with E-state index in [-0.39, 0.29) is 29.7 Å². The van der Waals surface area contributed by atoms with E-state index in [1.165, 1.54) is 0 Å². The summed E-state index contributed by atoms with van der Waals surface area (Å²) in [6, 6.07) is 0.0222. The standard InChI is InChI=1S/C13H23N3O2/c14-11-5-1-4-10(11)13(18)16-6-2-3-9(8-16)7-12(15)17/h9-11H,1-8,14H2,(H2,15,17)/t9-,10+,11+/m0/s1. The first kappa shape index (κ1) is 13.3. The topological polar surface area (TPSA) is 89.4 Å². The summed E-state index contributed by atoms with van der Waals surface area (Å²) in [5, 5.41) is 0. The molecular formula is C13H23N3O2. The number of carbonyl (C=O) groups excluding carboxylic acids is 2. The molecule has 0 aromatic rings. The highest BCUT2D eigenvalue weighted by molar-refractivity contribution is 5.80. The number of carbonyl (C=O) groups is 2. The van der Waals surface area contributed by atoms with Crippen molar-refractivity contribution < 1.29 is 9.59 Å². The van der Waals surface area contributed by atoms with Crippen LogP contribution in [0.1, 0.15) is 38.5 Å². The fourth-order valence-corrected chi connectivity index (χ4v) is 3.25. The second-order valence-corrected chi connectivity index (χ2v) is 5.66. The van der Waals surface area contributed by atoms with Gasteiger partial charge in [0.1, 0.15) is 0 Å². The minimum atomic E-state index is -0.271. The molecule has 5 heteroatoms. The number of hydrogen-bond acceptors (Lipinski definition) is 3. The van der Waals surface area contributed by atoms with Gasteiger partial charge in [0.25, 0.3) is 0 Å². The van der Waals surface area contributed by atoms with Gasteiger partial charge in [-0.15, -0.1) is 0 Å². The van der Waals surface area contributed by atoms with E-state index in [0.29, 0.717) is 13.0 Å². The average Bonchev–Trinajstić information content (AvgIpc) is 2.74. The highest BCUT2D eigenvalue weighted by Gasteiger charge is 2.35. The van der Waals surface area contributed by atoms with Gasteiger partial charge < -0.3 is 16.4 Å². The number of rotatable bonds is 3. The molecule has 0 aromatic heterocycles. The van der Waals surface area contributed by atoms with Crippen molar-refractivity contribution in [1.82, 2.24) is 4.90 Å². The normalized spacial score (nSPS) is 32.5. The fourth-order valence-electron chi connectivity index (χ4n) is 3.25. The second kappa shape index (κ2) is 5.69. The number of amides is 2. The van der Waals surface area contributed by atoms with Crippen LogP contribution in [-0.4, -0.2) is 35.8 Å². The summed E-state index contributed by atoms with van der Waals surface area (Å²) in [5.74, 6) is 0.149. The lowest BCUT2D eigenvalue weighted by Crippen LogP contribution is -2.46. The molecule has 5 nitrogen and oxygen atoms in total. The van der Waals surface area contributed by atoms with Gasteiger partial charge in [-0.05, 0) is 31.6 Å². The summed E-state index contributed by atoms with van der Waals surface area (Å²) < 4.78 is 0. The Labute approximate surface area is 108 Å². The highest BCUT2D eigenvalue weighted by Crippen LogP contribution is 2.28. The van der Waals surface area contributed by atoms with Gasteiger partial charge in [-0.25, -0.2) is 0 Å². The number of hydrogen-bond donors (Lipinski definition) is 2. The van der Waals surface area contributed by atoms with Crippen molar-refractivity contribution in [2.75, 3.05) is 13.1 Å². The first-order valence-corrected chi connectivity index (χ1v) is 6.90. The molecule has 2 rings (SSSR count). The number of nitrogens with two attached hydrogens (primary N) is 2. The van der Waals surface area contributed by atoms with Crippen LogP contribution >= 0.6 is 0 Å². The summed E-state index contributed by atoms with van der Waals surface area (Å²) in [6.07, 6.45) is 5.26. The largest absolute Gasteiger partial charge is 0.370 e. The minimum Gasteiger partial charge on any atom is -0.370 e. The molecule has 1 aliphatic carbocycles. The average molecular weight is 253 g/mol. The summed E-state index contributed by atoms with van der Waals surface area (Å²) in [5.41, 5.74) is 11.2. The van der Waals surface area contributed by atoms with Crippen LogP contribution in [0.5, 0.6) is 0 Å². The molecule has 18 heavy (non-hydrogen) atoms. The first-order valence-electron chi connectivity index (χ1n) is 6.90. The summed E-state index contributed by atoms with van der Waals surface area (Å²) in [4.78, 5) is 25.2. The van der Waals surface area contributed by atoms with Crippen molar-refractivity contribution in [2.45, 2.75) is 44.6 Å². The Morgan fingerprint density at radius 1 is 1.17 bits per heavy atom. The maximum absolute atomic E-state index is 12.4. The molecular weight excluding hydrogens is 230 g/mol. The third-order valence-corrected chi connectivity index (χ3v) is 4.21. The van der Waals surface area contributed by atoms with E-state index in [2.05, 4.69) is 0 Å². The van der Waals surface area contributed by atoms with Crippen molar-refractivity contribution in [3.8, 4) is 0 Å². The second-order valence-electron chi connectivity index (χ2n) is 5.66. The zero-order chi connectivity index (χ0) is 13.1. The zero-order valence-corrected chi connectivity index (χ0v) is 10.8. The van der Waals surface area contributed by atoms with Crippen LogP contribution in [0.2, 0.25) is 0 Å². The van der Waals surface area contributed by atoms with Crippen LogP contribution in [0.25, 0.3) is 0 Å². The van der Waals surface area contributed by atoms with Gasteiger partial charge in [0.2, 0.25) is 11.8 Å². The highest BCUT2D eigenvalue weighted by atomic mass is 16.2.